The lowest BCUT2D eigenvalue weighted by atomic mass is 10.2. The summed E-state index contributed by atoms with van der Waals surface area (Å²) in [5.74, 6) is 0. The Morgan fingerprint density at radius 3 is 1.54 bits per heavy atom. The Labute approximate surface area is 156 Å². The average molecular weight is 370 g/mol. The van der Waals surface area contributed by atoms with Gasteiger partial charge in [-0.25, -0.2) is 9.59 Å². The molecule has 0 saturated carbocycles. The van der Waals surface area contributed by atoms with Gasteiger partial charge < -0.3 is 9.47 Å². The van der Waals surface area contributed by atoms with E-state index in [1.165, 1.54) is 9.80 Å². The fraction of sp³-hybridized carbons (Fsp3) is 0.211. The number of nitrogens with zero attached hydrogens (tertiary/aromatic N) is 2. The SMILES string of the molecule is O=C(OCc1ccccc1)N1CCN(C(=O)OCc2ccccc2)C1=S. The van der Waals surface area contributed by atoms with E-state index in [9.17, 15) is 9.59 Å². The zero-order valence-corrected chi connectivity index (χ0v) is 14.9. The molecule has 26 heavy (non-hydrogen) atoms. The van der Waals surface area contributed by atoms with Crippen molar-refractivity contribution < 1.29 is 19.1 Å². The Balaban J connectivity index is 1.50. The van der Waals surface area contributed by atoms with Crippen molar-refractivity contribution in [3.8, 4) is 0 Å². The quantitative estimate of drug-likeness (QED) is 0.770. The van der Waals surface area contributed by atoms with Crippen molar-refractivity contribution in [2.45, 2.75) is 13.2 Å². The standard InChI is InChI=1S/C19H18N2O4S/c22-18(24-13-15-7-3-1-4-8-15)20-11-12-21(17(20)26)19(23)25-14-16-9-5-2-6-10-16/h1-10H,11-14H2. The molecule has 2 aromatic carbocycles. The van der Waals surface area contributed by atoms with Gasteiger partial charge in [0, 0.05) is 13.1 Å². The highest BCUT2D eigenvalue weighted by molar-refractivity contribution is 7.80. The van der Waals surface area contributed by atoms with E-state index in [2.05, 4.69) is 0 Å². The molecule has 2 amide bonds. The van der Waals surface area contributed by atoms with E-state index in [1.54, 1.807) is 0 Å². The maximum atomic E-state index is 12.2. The van der Waals surface area contributed by atoms with Gasteiger partial charge >= 0.3 is 12.2 Å². The molecule has 6 nitrogen and oxygen atoms in total. The molecule has 1 fully saturated rings. The minimum Gasteiger partial charge on any atom is -0.444 e. The predicted molar refractivity (Wildman–Crippen MR) is 99.3 cm³/mol. The second-order valence-corrected chi connectivity index (χ2v) is 6.03. The summed E-state index contributed by atoms with van der Waals surface area (Å²) in [6.07, 6.45) is -1.14. The molecule has 1 aliphatic rings. The lowest BCUT2D eigenvalue weighted by molar-refractivity contribution is 0.118. The van der Waals surface area contributed by atoms with Crippen LogP contribution in [0.4, 0.5) is 9.59 Å². The van der Waals surface area contributed by atoms with Crippen LogP contribution in [0.25, 0.3) is 0 Å². The lowest BCUT2D eigenvalue weighted by Gasteiger charge is -2.18. The van der Waals surface area contributed by atoms with Crippen LogP contribution >= 0.6 is 12.2 Å². The van der Waals surface area contributed by atoms with Crippen LogP contribution in [0.1, 0.15) is 11.1 Å². The number of amides is 2. The third-order valence-electron chi connectivity index (χ3n) is 3.86. The molecule has 2 aromatic rings. The van der Waals surface area contributed by atoms with Crippen LogP contribution in [-0.4, -0.2) is 40.2 Å². The first-order chi connectivity index (χ1) is 12.6. The van der Waals surface area contributed by atoms with Crippen LogP contribution in [0.5, 0.6) is 0 Å². The van der Waals surface area contributed by atoms with Gasteiger partial charge in [-0.05, 0) is 23.3 Å². The molecule has 0 spiro atoms. The van der Waals surface area contributed by atoms with E-state index in [0.29, 0.717) is 0 Å². The van der Waals surface area contributed by atoms with Crippen molar-refractivity contribution in [3.05, 3.63) is 71.8 Å². The number of thiocarbonyl (C=S) groups is 1. The van der Waals surface area contributed by atoms with E-state index >= 15 is 0 Å². The van der Waals surface area contributed by atoms with E-state index in [4.69, 9.17) is 21.7 Å². The highest BCUT2D eigenvalue weighted by atomic mass is 32.1. The first-order valence-corrected chi connectivity index (χ1v) is 8.56. The van der Waals surface area contributed by atoms with Gasteiger partial charge in [0.25, 0.3) is 0 Å². The van der Waals surface area contributed by atoms with Crippen LogP contribution in [0.2, 0.25) is 0 Å². The molecule has 0 N–H and O–H groups in total. The van der Waals surface area contributed by atoms with Gasteiger partial charge in [0.15, 0.2) is 5.11 Å². The van der Waals surface area contributed by atoms with Crippen molar-refractivity contribution in [2.24, 2.45) is 0 Å². The summed E-state index contributed by atoms with van der Waals surface area (Å²) in [6.45, 7) is 0.869. The number of carbonyl (C=O) groups excluding carboxylic acids is 2. The maximum Gasteiger partial charge on any atom is 0.416 e. The number of rotatable bonds is 4. The summed E-state index contributed by atoms with van der Waals surface area (Å²) in [5, 5.41) is 0.0983. The van der Waals surface area contributed by atoms with Gasteiger partial charge in [-0.2, -0.15) is 0 Å². The normalized spacial score (nSPS) is 13.6. The monoisotopic (exact) mass is 370 g/mol. The van der Waals surface area contributed by atoms with Crippen LogP contribution < -0.4 is 0 Å². The number of hydrogen-bond acceptors (Lipinski definition) is 5. The summed E-state index contributed by atoms with van der Waals surface area (Å²) in [5.41, 5.74) is 1.76. The van der Waals surface area contributed by atoms with Crippen LogP contribution in [0, 0.1) is 0 Å². The van der Waals surface area contributed by atoms with Crippen LogP contribution in [0.15, 0.2) is 60.7 Å². The second-order valence-electron chi connectivity index (χ2n) is 5.67. The van der Waals surface area contributed by atoms with Gasteiger partial charge in [0.1, 0.15) is 13.2 Å². The van der Waals surface area contributed by atoms with E-state index in [1.807, 2.05) is 60.7 Å². The minimum absolute atomic E-state index is 0.0983. The Hall–Kier alpha value is -2.93. The molecule has 1 saturated heterocycles. The highest BCUT2D eigenvalue weighted by Gasteiger charge is 2.35. The molecule has 0 atom stereocenters. The molecule has 0 radical (unpaired) electrons. The second kappa shape index (κ2) is 8.44. The summed E-state index contributed by atoms with van der Waals surface area (Å²) in [6, 6.07) is 18.7. The topological polar surface area (TPSA) is 59.1 Å². The molecule has 0 unspecified atom stereocenters. The fourth-order valence-electron chi connectivity index (χ4n) is 2.47. The lowest BCUT2D eigenvalue weighted by Crippen LogP contribution is -2.39. The molecule has 1 heterocycles. The van der Waals surface area contributed by atoms with Crippen LogP contribution in [0.3, 0.4) is 0 Å². The summed E-state index contributed by atoms with van der Waals surface area (Å²) < 4.78 is 10.5. The molecule has 134 valence electrons. The number of ether oxygens (including phenoxy) is 2. The van der Waals surface area contributed by atoms with Gasteiger partial charge in [0.05, 0.1) is 0 Å². The zero-order chi connectivity index (χ0) is 18.4. The first kappa shape index (κ1) is 17.9. The molecular formula is C19H18N2O4S. The van der Waals surface area contributed by atoms with Gasteiger partial charge in [0.2, 0.25) is 0 Å². The van der Waals surface area contributed by atoms with Crippen molar-refractivity contribution in [2.75, 3.05) is 13.1 Å². The maximum absolute atomic E-state index is 12.2. The van der Waals surface area contributed by atoms with E-state index in [-0.39, 0.29) is 31.4 Å². The molecule has 1 aliphatic heterocycles. The number of hydrogen-bond donors (Lipinski definition) is 0. The molecule has 0 aliphatic carbocycles. The number of carbonyl (C=O) groups is 2. The summed E-state index contributed by atoms with van der Waals surface area (Å²) >= 11 is 5.23. The third kappa shape index (κ3) is 4.37. The van der Waals surface area contributed by atoms with Gasteiger partial charge in [-0.15, -0.1) is 0 Å². The smallest absolute Gasteiger partial charge is 0.416 e. The van der Waals surface area contributed by atoms with Crippen molar-refractivity contribution in [1.82, 2.24) is 9.80 Å². The Kier molecular flexibility index (Phi) is 5.80. The van der Waals surface area contributed by atoms with E-state index in [0.717, 1.165) is 11.1 Å². The highest BCUT2D eigenvalue weighted by Crippen LogP contribution is 2.14. The predicted octanol–water partition coefficient (Wildman–Crippen LogP) is 3.56. The zero-order valence-electron chi connectivity index (χ0n) is 14.0. The van der Waals surface area contributed by atoms with Crippen molar-refractivity contribution in [3.63, 3.8) is 0 Å². The summed E-state index contributed by atoms with van der Waals surface area (Å²) in [7, 11) is 0. The Morgan fingerprint density at radius 2 is 1.15 bits per heavy atom. The van der Waals surface area contributed by atoms with Crippen molar-refractivity contribution >= 4 is 29.5 Å². The minimum atomic E-state index is -0.572. The molecule has 0 bridgehead atoms. The molecule has 7 heteroatoms. The average Bonchev–Trinajstić information content (AvgIpc) is 3.07. The Morgan fingerprint density at radius 1 is 0.769 bits per heavy atom. The van der Waals surface area contributed by atoms with E-state index < -0.39 is 12.2 Å². The van der Waals surface area contributed by atoms with Gasteiger partial charge in [-0.1, -0.05) is 60.7 Å². The molecule has 0 aromatic heterocycles. The third-order valence-corrected chi connectivity index (χ3v) is 4.30. The molecule has 3 rings (SSSR count). The largest absolute Gasteiger partial charge is 0.444 e. The van der Waals surface area contributed by atoms with Gasteiger partial charge in [-0.3, -0.25) is 9.80 Å². The first-order valence-electron chi connectivity index (χ1n) is 8.15. The number of benzene rings is 2. The fourth-order valence-corrected chi connectivity index (χ4v) is 2.80. The van der Waals surface area contributed by atoms with Crippen molar-refractivity contribution in [1.29, 1.82) is 0 Å². The Bertz CT molecular complexity index is 717. The summed E-state index contributed by atoms with van der Waals surface area (Å²) in [4.78, 5) is 27.0. The van der Waals surface area contributed by atoms with Crippen LogP contribution in [-0.2, 0) is 22.7 Å². The molecular weight excluding hydrogens is 352 g/mol.